The second-order valence-electron chi connectivity index (χ2n) is 12.0. The fourth-order valence-electron chi connectivity index (χ4n) is 8.73. The summed E-state index contributed by atoms with van der Waals surface area (Å²) in [5.74, 6) is 3.33. The van der Waals surface area contributed by atoms with Crippen LogP contribution < -0.4 is 0 Å². The van der Waals surface area contributed by atoms with Crippen molar-refractivity contribution in [2.45, 2.75) is 97.1 Å². The van der Waals surface area contributed by atoms with Gasteiger partial charge in [0.05, 0.1) is 18.0 Å². The van der Waals surface area contributed by atoms with Crippen molar-refractivity contribution in [1.82, 2.24) is 15.0 Å². The average Bonchev–Trinajstić information content (AvgIpc) is 3.35. The van der Waals surface area contributed by atoms with E-state index >= 15 is 0 Å². The molecule has 1 N–H and O–H groups in total. The van der Waals surface area contributed by atoms with E-state index in [9.17, 15) is 9.90 Å². The molecule has 0 aliphatic heterocycles. The third kappa shape index (κ3) is 2.94. The first kappa shape index (κ1) is 20.7. The Balaban J connectivity index is 1.37. The number of Topliss-reactive ketones (excluding diaryl/α,β-unsaturated/α-hetero) is 1. The Kier molecular flexibility index (Phi) is 4.74. The maximum Gasteiger partial charge on any atom is 0.162 e. The van der Waals surface area contributed by atoms with Gasteiger partial charge in [-0.2, -0.15) is 15.0 Å². The van der Waals surface area contributed by atoms with Crippen molar-refractivity contribution in [3.05, 3.63) is 12.4 Å². The van der Waals surface area contributed by atoms with Crippen LogP contribution in [0.5, 0.6) is 0 Å². The quantitative estimate of drug-likeness (QED) is 0.771. The van der Waals surface area contributed by atoms with E-state index in [1.807, 2.05) is 13.8 Å². The zero-order valence-corrected chi connectivity index (χ0v) is 19.2. The highest BCUT2D eigenvalue weighted by Gasteiger charge is 2.62. The summed E-state index contributed by atoms with van der Waals surface area (Å²) in [6.07, 6.45) is 13.6. The van der Waals surface area contributed by atoms with E-state index < -0.39 is 5.60 Å². The number of carbonyl (C=O) groups excluding carboxylic acids is 1. The van der Waals surface area contributed by atoms with Gasteiger partial charge in [0.2, 0.25) is 0 Å². The lowest BCUT2D eigenvalue weighted by Gasteiger charge is -2.61. The molecule has 0 amide bonds. The summed E-state index contributed by atoms with van der Waals surface area (Å²) < 4.78 is 0. The summed E-state index contributed by atoms with van der Waals surface area (Å²) in [4.78, 5) is 15.1. The van der Waals surface area contributed by atoms with Crippen LogP contribution in [0, 0.1) is 40.4 Å². The first-order valence-corrected chi connectivity index (χ1v) is 12.3. The van der Waals surface area contributed by atoms with E-state index in [1.165, 1.54) is 38.5 Å². The lowest BCUT2D eigenvalue weighted by molar-refractivity contribution is -0.151. The van der Waals surface area contributed by atoms with E-state index in [0.717, 1.165) is 31.1 Å². The summed E-state index contributed by atoms with van der Waals surface area (Å²) in [5, 5.41) is 19.2. The summed E-state index contributed by atoms with van der Waals surface area (Å²) in [6.45, 7) is 8.96. The van der Waals surface area contributed by atoms with E-state index in [1.54, 1.807) is 17.2 Å². The van der Waals surface area contributed by atoms with Gasteiger partial charge >= 0.3 is 0 Å². The minimum atomic E-state index is -0.470. The van der Waals surface area contributed by atoms with E-state index in [2.05, 4.69) is 24.0 Å². The van der Waals surface area contributed by atoms with Gasteiger partial charge in [-0.15, -0.1) is 0 Å². The number of nitrogens with zero attached hydrogens (tertiary/aromatic N) is 3. The van der Waals surface area contributed by atoms with Crippen LogP contribution in [-0.4, -0.2) is 31.5 Å². The minimum absolute atomic E-state index is 0.128. The molecule has 5 nitrogen and oxygen atoms in total. The highest BCUT2D eigenvalue weighted by molar-refractivity contribution is 5.85. The van der Waals surface area contributed by atoms with Crippen LogP contribution in [0.1, 0.15) is 91.5 Å². The van der Waals surface area contributed by atoms with Gasteiger partial charge in [-0.3, -0.25) is 4.79 Å². The molecule has 0 unspecified atom stereocenters. The van der Waals surface area contributed by atoms with Crippen LogP contribution in [-0.2, 0) is 4.79 Å². The highest BCUT2D eigenvalue weighted by atomic mass is 16.3. The Bertz CT molecular complexity index is 805. The molecule has 9 atom stereocenters. The van der Waals surface area contributed by atoms with Crippen LogP contribution in [0.4, 0.5) is 0 Å². The highest BCUT2D eigenvalue weighted by Crippen LogP contribution is 2.68. The molecule has 5 rings (SSSR count). The number of hydrogen-bond acceptors (Lipinski definition) is 4. The van der Waals surface area contributed by atoms with Gasteiger partial charge in [-0.1, -0.05) is 13.8 Å². The zero-order valence-electron chi connectivity index (χ0n) is 19.2. The Morgan fingerprint density at radius 1 is 0.967 bits per heavy atom. The van der Waals surface area contributed by atoms with Crippen molar-refractivity contribution in [1.29, 1.82) is 0 Å². The lowest BCUT2D eigenvalue weighted by atomic mass is 9.44. The molecule has 4 aliphatic carbocycles. The maximum absolute atomic E-state index is 13.5. The molecule has 4 aliphatic rings. The SMILES string of the molecule is C[C@H](C(=O)[C@H]1CC[C@H]2[C@@H]3CC[C@H]4C[C@](C)(O)CC[C@]4(C)[C@H]3CC[C@]12C)n1nccn1. The molecule has 0 saturated heterocycles. The Hall–Kier alpha value is -1.23. The fraction of sp³-hybridized carbons (Fsp3) is 0.880. The van der Waals surface area contributed by atoms with Crippen molar-refractivity contribution in [3.8, 4) is 0 Å². The van der Waals surface area contributed by atoms with Gasteiger partial charge in [0.1, 0.15) is 6.04 Å². The molecule has 1 aromatic heterocycles. The molecule has 4 saturated carbocycles. The number of ketones is 1. The largest absolute Gasteiger partial charge is 0.390 e. The monoisotopic (exact) mass is 413 g/mol. The van der Waals surface area contributed by atoms with Crippen molar-refractivity contribution >= 4 is 5.78 Å². The summed E-state index contributed by atoms with van der Waals surface area (Å²) in [7, 11) is 0. The smallest absolute Gasteiger partial charge is 0.162 e. The molecule has 0 radical (unpaired) electrons. The molecule has 0 spiro atoms. The van der Waals surface area contributed by atoms with Gasteiger partial charge in [0.25, 0.3) is 0 Å². The van der Waals surface area contributed by atoms with Crippen LogP contribution in [0.25, 0.3) is 0 Å². The van der Waals surface area contributed by atoms with E-state index in [0.29, 0.717) is 23.0 Å². The average molecular weight is 414 g/mol. The van der Waals surface area contributed by atoms with Gasteiger partial charge in [-0.05, 0) is 106 Å². The van der Waals surface area contributed by atoms with Crippen molar-refractivity contribution in [3.63, 3.8) is 0 Å². The summed E-state index contributed by atoms with van der Waals surface area (Å²) in [5.41, 5.74) is 0.0333. The molecule has 0 bridgehead atoms. The third-order valence-electron chi connectivity index (χ3n) is 10.5. The second-order valence-corrected chi connectivity index (χ2v) is 12.0. The van der Waals surface area contributed by atoms with Gasteiger partial charge in [0.15, 0.2) is 5.78 Å². The number of fused-ring (bicyclic) bond motifs is 5. The van der Waals surface area contributed by atoms with Crippen LogP contribution in [0.3, 0.4) is 0 Å². The molecular weight excluding hydrogens is 374 g/mol. The molecule has 166 valence electrons. The zero-order chi connectivity index (χ0) is 21.3. The molecule has 1 heterocycles. The number of carbonyl (C=O) groups is 1. The number of aromatic nitrogens is 3. The molecule has 30 heavy (non-hydrogen) atoms. The molecule has 1 aromatic rings. The lowest BCUT2D eigenvalue weighted by Crippen LogP contribution is -2.55. The Morgan fingerprint density at radius 2 is 1.67 bits per heavy atom. The Labute approximate surface area is 181 Å². The van der Waals surface area contributed by atoms with E-state index in [-0.39, 0.29) is 17.4 Å². The predicted molar refractivity (Wildman–Crippen MR) is 116 cm³/mol. The van der Waals surface area contributed by atoms with Gasteiger partial charge in [0, 0.05) is 5.92 Å². The second kappa shape index (κ2) is 6.88. The van der Waals surface area contributed by atoms with Gasteiger partial charge in [-0.25, -0.2) is 0 Å². The first-order chi connectivity index (χ1) is 14.2. The molecular formula is C25H39N3O2. The Morgan fingerprint density at radius 3 is 2.40 bits per heavy atom. The predicted octanol–water partition coefficient (Wildman–Crippen LogP) is 4.82. The summed E-state index contributed by atoms with van der Waals surface area (Å²) in [6, 6.07) is -0.271. The molecule has 5 heteroatoms. The van der Waals surface area contributed by atoms with Crippen LogP contribution in [0.15, 0.2) is 12.4 Å². The van der Waals surface area contributed by atoms with Crippen LogP contribution in [0.2, 0.25) is 0 Å². The van der Waals surface area contributed by atoms with E-state index in [4.69, 9.17) is 0 Å². The van der Waals surface area contributed by atoms with Crippen LogP contribution >= 0.6 is 0 Å². The third-order valence-corrected chi connectivity index (χ3v) is 10.5. The maximum atomic E-state index is 13.5. The fourth-order valence-corrected chi connectivity index (χ4v) is 8.73. The van der Waals surface area contributed by atoms with Gasteiger partial charge < -0.3 is 5.11 Å². The molecule has 4 fully saturated rings. The molecule has 0 aromatic carbocycles. The van der Waals surface area contributed by atoms with Crippen molar-refractivity contribution < 1.29 is 9.90 Å². The topological polar surface area (TPSA) is 68.0 Å². The number of hydrogen-bond donors (Lipinski definition) is 1. The number of rotatable bonds is 3. The minimum Gasteiger partial charge on any atom is -0.390 e. The normalized spacial score (nSPS) is 49.0. The van der Waals surface area contributed by atoms with Crippen molar-refractivity contribution in [2.75, 3.05) is 0 Å². The first-order valence-electron chi connectivity index (χ1n) is 12.3. The van der Waals surface area contributed by atoms with Crippen molar-refractivity contribution in [2.24, 2.45) is 40.4 Å². The standard InChI is InChI=1S/C25H39N3O2/c1-16(28-26-13-14-27-28)22(29)21-8-7-19-18-6-5-17-15-23(2,30)11-12-24(17,3)20(18)9-10-25(19,21)4/h13-14,16-21,30H,5-12,15H2,1-4H3/t16-,17+,18+,19+,20+,21-,23-,24+,25+/m1/s1. The number of aliphatic hydroxyl groups is 1. The summed E-state index contributed by atoms with van der Waals surface area (Å²) >= 11 is 0.